The van der Waals surface area contributed by atoms with Crippen LogP contribution >= 0.6 is 0 Å². The van der Waals surface area contributed by atoms with Crippen molar-refractivity contribution < 1.29 is 8.83 Å². The fraction of sp³-hybridized carbons (Fsp3) is 0.0625. The number of hydrogen-bond donors (Lipinski definition) is 0. The van der Waals surface area contributed by atoms with Crippen molar-refractivity contribution in [2.45, 2.75) is 41.5 Å². The summed E-state index contributed by atoms with van der Waals surface area (Å²) in [7, 11) is 0. The standard InChI is InChI=1S/C96H67BN4O2/c1-56-45-58(3)95(59(4)46-56)97(96-60(5)47-57(2)48-61(96)6)66-50-64(62-33-41-87-75(52-62)77-54-69(35-43-89(77)102-87)100-81-31-19-15-27-73(81)93-85(100)39-37-83-91(93)71-25-13-17-29-79(71)98(83)67-21-9-7-10-22-67)49-65(51-66)63-34-42-88-76(53-63)78-55-70(36-44-90(78)103-88)101-82-32-20-16-28-74(82)94-86(101)40-38-84-92(94)72-26-14-18-30-80(72)99(84)68-23-11-8-12-24-68/h7-55H,1-6H3. The molecule has 0 N–H and O–H groups in total. The summed E-state index contributed by atoms with van der Waals surface area (Å²) < 4.78 is 23.4. The third-order valence-electron chi connectivity index (χ3n) is 22.4. The van der Waals surface area contributed by atoms with Crippen molar-refractivity contribution in [1.29, 1.82) is 0 Å². The second-order valence-electron chi connectivity index (χ2n) is 28.7. The maximum atomic E-state index is 6.85. The summed E-state index contributed by atoms with van der Waals surface area (Å²) in [5, 5.41) is 14.2. The molecule has 0 amide bonds. The molecule has 0 fully saturated rings. The van der Waals surface area contributed by atoms with E-state index >= 15 is 0 Å². The van der Waals surface area contributed by atoms with Gasteiger partial charge in [0.15, 0.2) is 0 Å². The lowest BCUT2D eigenvalue weighted by molar-refractivity contribution is 0.668. The number of aromatic nitrogens is 4. The molecule has 103 heavy (non-hydrogen) atoms. The van der Waals surface area contributed by atoms with Gasteiger partial charge in [0.25, 0.3) is 0 Å². The van der Waals surface area contributed by atoms with Gasteiger partial charge >= 0.3 is 0 Å². The molecule has 0 spiro atoms. The molecular formula is C96H67BN4O2. The van der Waals surface area contributed by atoms with E-state index in [2.05, 4.69) is 357 Å². The normalized spacial score (nSPS) is 12.2. The SMILES string of the molecule is Cc1cc(C)c(B(c2cc(-c3ccc4oc5ccc(-n6c7ccccc7c7c8c9ccccc9n(-c9ccccc9)c8ccc76)cc5c4c3)cc(-c3ccc4oc5ccc(-n6c7ccccc7c7c8c9ccccc9n(-c9ccccc9)c8ccc76)cc5c4c3)c2)c2c(C)cc(C)cc2C)c(C)c1. The van der Waals surface area contributed by atoms with Gasteiger partial charge in [-0.2, -0.15) is 0 Å². The average Bonchev–Trinajstić information content (AvgIpc) is 1.55. The zero-order chi connectivity index (χ0) is 68.6. The highest BCUT2D eigenvalue weighted by Gasteiger charge is 2.31. The Morgan fingerprint density at radius 2 is 0.524 bits per heavy atom. The fourth-order valence-corrected chi connectivity index (χ4v) is 18.4. The molecule has 0 radical (unpaired) electrons. The summed E-state index contributed by atoms with van der Waals surface area (Å²) in [4.78, 5) is 0. The van der Waals surface area contributed by atoms with Gasteiger partial charge in [-0.1, -0.05) is 207 Å². The average molecular weight is 1320 g/mol. The Morgan fingerprint density at radius 1 is 0.223 bits per heavy atom. The van der Waals surface area contributed by atoms with Gasteiger partial charge in [0, 0.05) is 87.4 Å². The van der Waals surface area contributed by atoms with Crippen molar-refractivity contribution in [2.75, 3.05) is 0 Å². The van der Waals surface area contributed by atoms with Gasteiger partial charge in [-0.15, -0.1) is 0 Å². The van der Waals surface area contributed by atoms with Gasteiger partial charge in [-0.05, 0) is 203 Å². The van der Waals surface area contributed by atoms with Crippen molar-refractivity contribution in [3.8, 4) is 45.0 Å². The predicted molar refractivity (Wildman–Crippen MR) is 435 cm³/mol. The largest absolute Gasteiger partial charge is 0.456 e. The van der Waals surface area contributed by atoms with Crippen LogP contribution in [0.1, 0.15) is 33.4 Å². The molecule has 15 aromatic carbocycles. The molecule has 21 aromatic rings. The Hall–Kier alpha value is -12.8. The van der Waals surface area contributed by atoms with Crippen molar-refractivity contribution >= 4 is 154 Å². The molecule has 0 aliphatic rings. The third kappa shape index (κ3) is 8.82. The second kappa shape index (κ2) is 22.3. The van der Waals surface area contributed by atoms with Crippen LogP contribution in [0.25, 0.3) is 176 Å². The number of furan rings is 2. The highest BCUT2D eigenvalue weighted by atomic mass is 16.3. The molecule has 0 aliphatic heterocycles. The first-order valence-electron chi connectivity index (χ1n) is 35.8. The maximum absolute atomic E-state index is 6.85. The third-order valence-corrected chi connectivity index (χ3v) is 22.4. The monoisotopic (exact) mass is 1320 g/mol. The summed E-state index contributed by atoms with van der Waals surface area (Å²) in [6, 6.07) is 110. The van der Waals surface area contributed by atoms with Crippen LogP contribution in [0.2, 0.25) is 0 Å². The van der Waals surface area contributed by atoms with E-state index in [9.17, 15) is 0 Å². The van der Waals surface area contributed by atoms with Crippen molar-refractivity contribution in [3.63, 3.8) is 0 Å². The lowest BCUT2D eigenvalue weighted by Crippen LogP contribution is -2.56. The number of fused-ring (bicyclic) bond motifs is 20. The maximum Gasteiger partial charge on any atom is 0.242 e. The van der Waals surface area contributed by atoms with Crippen LogP contribution in [-0.4, -0.2) is 25.0 Å². The van der Waals surface area contributed by atoms with Gasteiger partial charge in [-0.25, -0.2) is 0 Å². The molecule has 6 heterocycles. The van der Waals surface area contributed by atoms with E-state index in [0.717, 1.165) is 111 Å². The number of benzene rings is 15. The lowest BCUT2D eigenvalue weighted by Gasteiger charge is -2.25. The number of hydrogen-bond acceptors (Lipinski definition) is 2. The van der Waals surface area contributed by atoms with Crippen LogP contribution in [0.15, 0.2) is 306 Å². The van der Waals surface area contributed by atoms with E-state index in [-0.39, 0.29) is 6.71 Å². The Balaban J connectivity index is 0.753. The van der Waals surface area contributed by atoms with E-state index in [1.807, 2.05) is 0 Å². The Morgan fingerprint density at radius 3 is 0.874 bits per heavy atom. The highest BCUT2D eigenvalue weighted by molar-refractivity contribution is 6.96. The summed E-state index contributed by atoms with van der Waals surface area (Å²) in [6.07, 6.45) is 0. The van der Waals surface area contributed by atoms with Crippen molar-refractivity contribution in [1.82, 2.24) is 18.3 Å². The molecule has 21 rings (SSSR count). The van der Waals surface area contributed by atoms with E-state index in [4.69, 9.17) is 8.83 Å². The zero-order valence-corrected chi connectivity index (χ0v) is 58.0. The van der Waals surface area contributed by atoms with Gasteiger partial charge in [0.1, 0.15) is 22.3 Å². The van der Waals surface area contributed by atoms with Gasteiger partial charge in [-0.3, -0.25) is 0 Å². The minimum absolute atomic E-state index is 0.0772. The minimum Gasteiger partial charge on any atom is -0.456 e. The van der Waals surface area contributed by atoms with Gasteiger partial charge in [0.05, 0.1) is 44.1 Å². The first kappa shape index (κ1) is 59.1. The van der Waals surface area contributed by atoms with E-state index < -0.39 is 0 Å². The molecule has 0 saturated carbocycles. The Kier molecular flexibility index (Phi) is 12.8. The van der Waals surface area contributed by atoms with Crippen LogP contribution < -0.4 is 16.4 Å². The number of rotatable bonds is 9. The van der Waals surface area contributed by atoms with E-state index in [1.165, 1.54) is 115 Å². The Labute approximate surface area is 594 Å². The van der Waals surface area contributed by atoms with Crippen LogP contribution in [0.4, 0.5) is 0 Å². The number of nitrogens with zero attached hydrogens (tertiary/aromatic N) is 4. The van der Waals surface area contributed by atoms with Crippen LogP contribution in [0, 0.1) is 41.5 Å². The second-order valence-corrected chi connectivity index (χ2v) is 28.7. The van der Waals surface area contributed by atoms with Gasteiger partial charge < -0.3 is 27.1 Å². The van der Waals surface area contributed by atoms with Crippen molar-refractivity contribution in [2.24, 2.45) is 0 Å². The first-order chi connectivity index (χ1) is 50.5. The summed E-state index contributed by atoms with van der Waals surface area (Å²) in [6.45, 7) is 13.6. The molecular weight excluding hydrogens is 1250 g/mol. The molecule has 0 saturated heterocycles. The van der Waals surface area contributed by atoms with E-state index in [1.54, 1.807) is 0 Å². The summed E-state index contributed by atoms with van der Waals surface area (Å²) in [5.41, 5.74) is 33.3. The van der Waals surface area contributed by atoms with Gasteiger partial charge in [0.2, 0.25) is 6.71 Å². The van der Waals surface area contributed by atoms with Crippen molar-refractivity contribution in [3.05, 3.63) is 331 Å². The predicted octanol–water partition coefficient (Wildman–Crippen LogP) is 23.6. The lowest BCUT2D eigenvalue weighted by atomic mass is 9.34. The highest BCUT2D eigenvalue weighted by Crippen LogP contribution is 2.47. The minimum atomic E-state index is -0.0772. The van der Waals surface area contributed by atoms with E-state index in [0.29, 0.717) is 0 Å². The molecule has 0 aliphatic carbocycles. The number of aryl methyl sites for hydroxylation is 6. The Bertz CT molecular complexity index is 6720. The fourth-order valence-electron chi connectivity index (χ4n) is 18.4. The molecule has 6 aromatic heterocycles. The topological polar surface area (TPSA) is 46.0 Å². The van der Waals surface area contributed by atoms with Crippen LogP contribution in [-0.2, 0) is 0 Å². The molecule has 6 nitrogen and oxygen atoms in total. The summed E-state index contributed by atoms with van der Waals surface area (Å²) in [5.74, 6) is 0. The molecule has 7 heteroatoms. The first-order valence-corrected chi connectivity index (χ1v) is 35.8. The molecule has 486 valence electrons. The molecule has 0 bridgehead atoms. The van der Waals surface area contributed by atoms with Crippen LogP contribution in [0.5, 0.6) is 0 Å². The number of para-hydroxylation sites is 6. The summed E-state index contributed by atoms with van der Waals surface area (Å²) >= 11 is 0. The molecule has 0 unspecified atom stereocenters. The molecule has 0 atom stereocenters. The smallest absolute Gasteiger partial charge is 0.242 e. The zero-order valence-electron chi connectivity index (χ0n) is 58.0. The quantitative estimate of drug-likeness (QED) is 0.135. The van der Waals surface area contributed by atoms with Crippen LogP contribution in [0.3, 0.4) is 0 Å².